The van der Waals surface area contributed by atoms with Gasteiger partial charge in [-0.15, -0.1) is 13.2 Å². The van der Waals surface area contributed by atoms with Crippen molar-refractivity contribution >= 4 is 11.9 Å². The molecule has 2 fully saturated rings. The fourth-order valence-corrected chi connectivity index (χ4v) is 3.96. The van der Waals surface area contributed by atoms with Crippen LogP contribution in [0.15, 0.2) is 24.3 Å². The molecule has 2 aliphatic rings. The Labute approximate surface area is 142 Å². The Morgan fingerprint density at radius 2 is 1.88 bits per heavy atom. The normalized spacial score (nSPS) is 25.7. The van der Waals surface area contributed by atoms with Crippen LogP contribution in [0.25, 0.3) is 0 Å². The van der Waals surface area contributed by atoms with Gasteiger partial charge in [0, 0.05) is 6.54 Å². The first-order valence-corrected chi connectivity index (χ1v) is 8.11. The van der Waals surface area contributed by atoms with Gasteiger partial charge in [-0.2, -0.15) is 0 Å². The molecule has 0 radical (unpaired) electrons. The Morgan fingerprint density at radius 1 is 1.20 bits per heavy atom. The number of hydrogen-bond donors (Lipinski definition) is 1. The largest absolute Gasteiger partial charge is 0.573 e. The van der Waals surface area contributed by atoms with Crippen LogP contribution < -0.4 is 4.74 Å². The first-order chi connectivity index (χ1) is 11.7. The average Bonchev–Trinajstić information content (AvgIpc) is 3.07. The lowest BCUT2D eigenvalue weighted by molar-refractivity contribution is -0.274. The molecule has 0 aromatic heterocycles. The van der Waals surface area contributed by atoms with Gasteiger partial charge in [0.15, 0.2) is 0 Å². The van der Waals surface area contributed by atoms with Crippen LogP contribution in [0.5, 0.6) is 5.75 Å². The summed E-state index contributed by atoms with van der Waals surface area (Å²) in [7, 11) is 0. The van der Waals surface area contributed by atoms with Gasteiger partial charge in [-0.25, -0.2) is 4.79 Å². The van der Waals surface area contributed by atoms with Gasteiger partial charge in [-0.1, -0.05) is 18.6 Å². The predicted octanol–water partition coefficient (Wildman–Crippen LogP) is 2.84. The molecule has 1 aliphatic carbocycles. The van der Waals surface area contributed by atoms with E-state index < -0.39 is 18.4 Å². The lowest BCUT2D eigenvalue weighted by Crippen LogP contribution is -2.43. The summed E-state index contributed by atoms with van der Waals surface area (Å²) in [6.45, 7) is 0.440. The van der Waals surface area contributed by atoms with E-state index in [1.165, 1.54) is 17.0 Å². The first kappa shape index (κ1) is 17.6. The van der Waals surface area contributed by atoms with Gasteiger partial charge in [0.1, 0.15) is 11.8 Å². The number of ether oxygens (including phenoxy) is 1. The summed E-state index contributed by atoms with van der Waals surface area (Å²) in [6, 6.07) is 4.25. The molecule has 8 heteroatoms. The molecular formula is C17H18F3NO4. The number of nitrogens with zero attached hydrogens (tertiary/aromatic N) is 1. The Kier molecular flexibility index (Phi) is 4.62. The summed E-state index contributed by atoms with van der Waals surface area (Å²) in [5.41, 5.74) is 0.515. The Morgan fingerprint density at radius 3 is 2.48 bits per heavy atom. The molecule has 1 aliphatic heterocycles. The molecule has 1 aromatic carbocycles. The lowest BCUT2D eigenvalue weighted by Gasteiger charge is -2.24. The number of aliphatic carboxylic acids is 1. The fourth-order valence-electron chi connectivity index (χ4n) is 3.96. The highest BCUT2D eigenvalue weighted by Crippen LogP contribution is 2.42. The van der Waals surface area contributed by atoms with E-state index in [-0.39, 0.29) is 29.9 Å². The van der Waals surface area contributed by atoms with Crippen LogP contribution in [0.3, 0.4) is 0 Å². The number of carbonyl (C=O) groups is 2. The first-order valence-electron chi connectivity index (χ1n) is 8.11. The molecule has 3 unspecified atom stereocenters. The molecule has 136 valence electrons. The van der Waals surface area contributed by atoms with E-state index in [9.17, 15) is 27.9 Å². The number of hydrogen-bond acceptors (Lipinski definition) is 3. The highest BCUT2D eigenvalue weighted by molar-refractivity contribution is 5.86. The van der Waals surface area contributed by atoms with Crippen LogP contribution in [-0.2, 0) is 16.0 Å². The Hall–Kier alpha value is -2.25. The van der Waals surface area contributed by atoms with Gasteiger partial charge in [0.2, 0.25) is 5.91 Å². The molecule has 0 bridgehead atoms. The Balaban J connectivity index is 1.66. The average molecular weight is 357 g/mol. The maximum Gasteiger partial charge on any atom is 0.573 e. The minimum atomic E-state index is -4.76. The molecular weight excluding hydrogens is 339 g/mol. The fraction of sp³-hybridized carbons (Fsp3) is 0.529. The van der Waals surface area contributed by atoms with Crippen molar-refractivity contribution in [2.24, 2.45) is 11.8 Å². The third-order valence-corrected chi connectivity index (χ3v) is 4.98. The maximum absolute atomic E-state index is 12.5. The zero-order chi connectivity index (χ0) is 18.2. The van der Waals surface area contributed by atoms with Gasteiger partial charge in [-0.3, -0.25) is 4.79 Å². The van der Waals surface area contributed by atoms with Gasteiger partial charge in [0.05, 0.1) is 6.42 Å². The standard InChI is InChI=1S/C17H18F3NO4/c18-17(19,20)25-12-6-4-10(5-7-12)8-14(22)21-9-11-2-1-3-13(11)15(21)16(23)24/h4-7,11,13,15H,1-3,8-9H2,(H,23,24). The monoisotopic (exact) mass is 357 g/mol. The van der Waals surface area contributed by atoms with Crippen molar-refractivity contribution in [1.82, 2.24) is 4.90 Å². The van der Waals surface area contributed by atoms with E-state index in [4.69, 9.17) is 0 Å². The summed E-state index contributed by atoms with van der Waals surface area (Å²) >= 11 is 0. The van der Waals surface area contributed by atoms with E-state index >= 15 is 0 Å². The predicted molar refractivity (Wildman–Crippen MR) is 80.8 cm³/mol. The topological polar surface area (TPSA) is 66.8 Å². The molecule has 1 saturated carbocycles. The zero-order valence-corrected chi connectivity index (χ0v) is 13.3. The molecule has 1 saturated heterocycles. The molecule has 25 heavy (non-hydrogen) atoms. The Bertz CT molecular complexity index is 659. The van der Waals surface area contributed by atoms with Crippen molar-refractivity contribution in [3.8, 4) is 5.75 Å². The van der Waals surface area contributed by atoms with Gasteiger partial charge in [-0.05, 0) is 42.4 Å². The van der Waals surface area contributed by atoms with Crippen LogP contribution in [0, 0.1) is 11.8 Å². The zero-order valence-electron chi connectivity index (χ0n) is 13.3. The number of rotatable bonds is 4. The summed E-state index contributed by atoms with van der Waals surface area (Å²) in [5.74, 6) is -1.43. The number of amides is 1. The second-order valence-corrected chi connectivity index (χ2v) is 6.55. The number of likely N-dealkylation sites (tertiary alicyclic amines) is 1. The molecule has 0 spiro atoms. The van der Waals surface area contributed by atoms with Crippen molar-refractivity contribution < 1.29 is 32.6 Å². The number of carboxylic acid groups (broad SMARTS) is 1. The van der Waals surface area contributed by atoms with Gasteiger partial charge >= 0.3 is 12.3 Å². The van der Waals surface area contributed by atoms with Crippen LogP contribution in [0.2, 0.25) is 0 Å². The van der Waals surface area contributed by atoms with Crippen molar-refractivity contribution in [3.05, 3.63) is 29.8 Å². The van der Waals surface area contributed by atoms with Crippen molar-refractivity contribution in [3.63, 3.8) is 0 Å². The molecule has 3 atom stereocenters. The number of fused-ring (bicyclic) bond motifs is 1. The number of carboxylic acids is 1. The molecule has 3 rings (SSSR count). The minimum Gasteiger partial charge on any atom is -0.480 e. The number of alkyl halides is 3. The van der Waals surface area contributed by atoms with E-state index in [1.54, 1.807) is 0 Å². The second-order valence-electron chi connectivity index (χ2n) is 6.55. The third kappa shape index (κ3) is 3.88. The minimum absolute atomic E-state index is 0.00371. The molecule has 1 aromatic rings. The summed E-state index contributed by atoms with van der Waals surface area (Å²) in [4.78, 5) is 25.5. The lowest BCUT2D eigenvalue weighted by atomic mass is 9.94. The molecule has 1 heterocycles. The van der Waals surface area contributed by atoms with E-state index in [2.05, 4.69) is 4.74 Å². The van der Waals surface area contributed by atoms with Crippen molar-refractivity contribution in [2.75, 3.05) is 6.54 Å². The summed E-state index contributed by atoms with van der Waals surface area (Å²) in [5, 5.41) is 9.47. The highest BCUT2D eigenvalue weighted by atomic mass is 19.4. The molecule has 1 amide bonds. The van der Waals surface area contributed by atoms with E-state index in [1.807, 2.05) is 0 Å². The van der Waals surface area contributed by atoms with Crippen molar-refractivity contribution in [1.29, 1.82) is 0 Å². The SMILES string of the molecule is O=C(O)C1C2CCCC2CN1C(=O)Cc1ccc(OC(F)(F)F)cc1. The van der Waals surface area contributed by atoms with Gasteiger partial charge < -0.3 is 14.7 Å². The van der Waals surface area contributed by atoms with Gasteiger partial charge in [0.25, 0.3) is 0 Å². The second kappa shape index (κ2) is 6.57. The van der Waals surface area contributed by atoms with Crippen LogP contribution in [0.4, 0.5) is 13.2 Å². The van der Waals surface area contributed by atoms with E-state index in [0.29, 0.717) is 12.1 Å². The quantitative estimate of drug-likeness (QED) is 0.900. The molecule has 5 nitrogen and oxygen atoms in total. The molecule has 1 N–H and O–H groups in total. The highest BCUT2D eigenvalue weighted by Gasteiger charge is 2.49. The summed E-state index contributed by atoms with van der Waals surface area (Å²) < 4.78 is 40.2. The number of carbonyl (C=O) groups excluding carboxylic acids is 1. The maximum atomic E-state index is 12.5. The smallest absolute Gasteiger partial charge is 0.480 e. The van der Waals surface area contributed by atoms with Crippen molar-refractivity contribution in [2.45, 2.75) is 38.1 Å². The van der Waals surface area contributed by atoms with Crippen LogP contribution in [-0.4, -0.2) is 40.8 Å². The third-order valence-electron chi connectivity index (χ3n) is 4.98. The van der Waals surface area contributed by atoms with Crippen LogP contribution >= 0.6 is 0 Å². The van der Waals surface area contributed by atoms with Crippen LogP contribution in [0.1, 0.15) is 24.8 Å². The number of benzene rings is 1. The number of halogens is 3. The summed E-state index contributed by atoms with van der Waals surface area (Å²) in [6.07, 6.45) is -2.08. The van der Waals surface area contributed by atoms with E-state index in [0.717, 1.165) is 31.4 Å².